The van der Waals surface area contributed by atoms with Gasteiger partial charge in [0.1, 0.15) is 0 Å². The molecule has 2 N–H and O–H groups in total. The summed E-state index contributed by atoms with van der Waals surface area (Å²) in [5.41, 5.74) is 3.58. The summed E-state index contributed by atoms with van der Waals surface area (Å²) in [6.45, 7) is 0. The average molecular weight is 593 g/mol. The minimum atomic E-state index is -0.957. The lowest BCUT2D eigenvalue weighted by atomic mass is 9.91. The summed E-state index contributed by atoms with van der Waals surface area (Å²) in [7, 11) is 0. The topological polar surface area (TPSA) is 103 Å². The van der Waals surface area contributed by atoms with E-state index >= 15 is 0 Å². The first-order valence-corrected chi connectivity index (χ1v) is 13.3. The van der Waals surface area contributed by atoms with Crippen LogP contribution in [0.1, 0.15) is 42.9 Å². The Hall–Kier alpha value is -3.75. The van der Waals surface area contributed by atoms with E-state index in [9.17, 15) is 14.4 Å². The van der Waals surface area contributed by atoms with Crippen LogP contribution in [0.3, 0.4) is 0 Å². The number of hydrazone groups is 1. The van der Waals surface area contributed by atoms with Crippen LogP contribution in [0.15, 0.2) is 87.2 Å². The summed E-state index contributed by atoms with van der Waals surface area (Å²) < 4.78 is 0.897. The number of carbonyl (C=O) groups excluding carboxylic acids is 1. The first-order valence-electron chi connectivity index (χ1n) is 12.1. The number of nitrogens with one attached hydrogen (secondary N) is 1. The SMILES string of the molecule is O=C(O)CCCC(=O)N1N=C(c2c(-c3ccccc3)c3cc(Cl)ccc3[nH]c2=O)CC1c1ccc(Br)cc1. The summed E-state index contributed by atoms with van der Waals surface area (Å²) in [5.74, 6) is -1.25. The van der Waals surface area contributed by atoms with E-state index in [2.05, 4.69) is 20.9 Å². The third kappa shape index (κ3) is 5.28. The quantitative estimate of drug-likeness (QED) is 0.254. The van der Waals surface area contributed by atoms with E-state index in [1.54, 1.807) is 12.1 Å². The number of benzene rings is 3. The third-order valence-electron chi connectivity index (χ3n) is 6.53. The highest BCUT2D eigenvalue weighted by molar-refractivity contribution is 9.10. The minimum Gasteiger partial charge on any atom is -0.481 e. The number of aromatic amines is 1. The maximum atomic E-state index is 13.6. The highest BCUT2D eigenvalue weighted by Crippen LogP contribution is 2.38. The molecular formula is C29H23BrClN3O4. The van der Waals surface area contributed by atoms with Gasteiger partial charge >= 0.3 is 5.97 Å². The molecule has 38 heavy (non-hydrogen) atoms. The Morgan fingerprint density at radius 2 is 1.76 bits per heavy atom. The maximum Gasteiger partial charge on any atom is 0.303 e. The summed E-state index contributed by atoms with van der Waals surface area (Å²) >= 11 is 9.81. The highest BCUT2D eigenvalue weighted by atomic mass is 79.9. The number of nitrogens with zero attached hydrogens (tertiary/aromatic N) is 2. The van der Waals surface area contributed by atoms with Gasteiger partial charge in [-0.05, 0) is 47.9 Å². The van der Waals surface area contributed by atoms with Crippen molar-refractivity contribution >= 4 is 56.0 Å². The zero-order valence-corrected chi connectivity index (χ0v) is 22.5. The minimum absolute atomic E-state index is 0.0331. The summed E-state index contributed by atoms with van der Waals surface area (Å²) in [5, 5.41) is 16.4. The fourth-order valence-corrected chi connectivity index (χ4v) is 5.22. The molecule has 0 fully saturated rings. The molecule has 192 valence electrons. The number of carboxylic acids is 1. The molecule has 1 aliphatic rings. The number of halogens is 2. The molecule has 1 unspecified atom stereocenters. The van der Waals surface area contributed by atoms with Crippen molar-refractivity contribution in [2.45, 2.75) is 31.7 Å². The van der Waals surface area contributed by atoms with Gasteiger partial charge in [-0.15, -0.1) is 0 Å². The Labute approximate surface area is 231 Å². The summed E-state index contributed by atoms with van der Waals surface area (Å²) in [6.07, 6.45) is 0.446. The van der Waals surface area contributed by atoms with E-state index in [4.69, 9.17) is 21.8 Å². The van der Waals surface area contributed by atoms with Crippen LogP contribution in [-0.2, 0) is 9.59 Å². The lowest BCUT2D eigenvalue weighted by Gasteiger charge is -2.22. The van der Waals surface area contributed by atoms with Gasteiger partial charge in [0.05, 0.1) is 17.3 Å². The van der Waals surface area contributed by atoms with Gasteiger partial charge < -0.3 is 10.1 Å². The number of hydrogen-bond donors (Lipinski definition) is 2. The molecule has 0 saturated heterocycles. The number of rotatable bonds is 7. The lowest BCUT2D eigenvalue weighted by Crippen LogP contribution is -2.27. The molecule has 1 atom stereocenters. The lowest BCUT2D eigenvalue weighted by molar-refractivity contribution is -0.137. The van der Waals surface area contributed by atoms with Crippen molar-refractivity contribution in [1.29, 1.82) is 0 Å². The predicted octanol–water partition coefficient (Wildman–Crippen LogP) is 6.54. The first kappa shape index (κ1) is 25.9. The van der Waals surface area contributed by atoms with Crippen molar-refractivity contribution in [1.82, 2.24) is 9.99 Å². The molecule has 4 aromatic rings. The van der Waals surface area contributed by atoms with Gasteiger partial charge in [0.15, 0.2) is 0 Å². The molecule has 0 saturated carbocycles. The largest absolute Gasteiger partial charge is 0.481 e. The number of amides is 1. The summed E-state index contributed by atoms with van der Waals surface area (Å²) in [6, 6.07) is 22.0. The number of carboxylic acid groups (broad SMARTS) is 1. The van der Waals surface area contributed by atoms with Gasteiger partial charge in [0.25, 0.3) is 5.56 Å². The molecule has 3 aromatic carbocycles. The van der Waals surface area contributed by atoms with Crippen LogP contribution < -0.4 is 5.56 Å². The molecule has 5 rings (SSSR count). The number of H-pyrrole nitrogens is 1. The molecule has 1 amide bonds. The molecule has 1 aliphatic heterocycles. The van der Waals surface area contributed by atoms with E-state index < -0.39 is 12.0 Å². The maximum absolute atomic E-state index is 13.6. The van der Waals surface area contributed by atoms with Gasteiger partial charge in [-0.1, -0.05) is 70.0 Å². The molecular weight excluding hydrogens is 570 g/mol. The number of hydrogen-bond acceptors (Lipinski definition) is 4. The zero-order chi connectivity index (χ0) is 26.8. The Morgan fingerprint density at radius 1 is 1.03 bits per heavy atom. The van der Waals surface area contributed by atoms with Crippen molar-refractivity contribution < 1.29 is 14.7 Å². The van der Waals surface area contributed by atoms with Crippen molar-refractivity contribution in [3.63, 3.8) is 0 Å². The van der Waals surface area contributed by atoms with Crippen LogP contribution in [0, 0.1) is 0 Å². The standard InChI is InChI=1S/C29H23BrClN3O4/c30-19-11-9-17(10-12-19)24-16-23(33-34(24)25(35)7-4-8-26(36)37)28-27(18-5-2-1-3-6-18)21-15-20(31)13-14-22(21)32-29(28)38/h1-3,5-6,9-15,24H,4,7-8,16H2,(H,32,38)(H,36,37). The van der Waals surface area contributed by atoms with Crippen LogP contribution in [-0.4, -0.2) is 32.7 Å². The van der Waals surface area contributed by atoms with Gasteiger partial charge in [-0.25, -0.2) is 5.01 Å². The van der Waals surface area contributed by atoms with E-state index in [0.717, 1.165) is 21.0 Å². The second-order valence-electron chi connectivity index (χ2n) is 9.06. The second kappa shape index (κ2) is 10.9. The molecule has 7 nitrogen and oxygen atoms in total. The van der Waals surface area contributed by atoms with Gasteiger partial charge in [-0.2, -0.15) is 5.10 Å². The Kier molecular flexibility index (Phi) is 7.44. The fraction of sp³-hybridized carbons (Fsp3) is 0.172. The van der Waals surface area contributed by atoms with E-state index in [1.807, 2.05) is 60.7 Å². The number of aliphatic carboxylic acids is 1. The van der Waals surface area contributed by atoms with E-state index in [-0.39, 0.29) is 30.7 Å². The van der Waals surface area contributed by atoms with Crippen molar-refractivity contribution in [2.75, 3.05) is 0 Å². The normalized spacial score (nSPS) is 15.1. The molecule has 1 aromatic heterocycles. The van der Waals surface area contributed by atoms with Crippen LogP contribution in [0.25, 0.3) is 22.0 Å². The molecule has 0 bridgehead atoms. The van der Waals surface area contributed by atoms with Gasteiger partial charge in [0.2, 0.25) is 5.91 Å². The van der Waals surface area contributed by atoms with Crippen LogP contribution in [0.2, 0.25) is 5.02 Å². The number of carbonyl (C=O) groups is 2. The third-order valence-corrected chi connectivity index (χ3v) is 7.29. The Morgan fingerprint density at radius 3 is 2.47 bits per heavy atom. The highest BCUT2D eigenvalue weighted by Gasteiger charge is 2.35. The Balaban J connectivity index is 1.66. The van der Waals surface area contributed by atoms with Crippen molar-refractivity contribution in [2.24, 2.45) is 5.10 Å². The van der Waals surface area contributed by atoms with Crippen LogP contribution >= 0.6 is 27.5 Å². The van der Waals surface area contributed by atoms with Crippen molar-refractivity contribution in [3.8, 4) is 11.1 Å². The average Bonchev–Trinajstić information content (AvgIpc) is 3.34. The second-order valence-corrected chi connectivity index (χ2v) is 10.4. The van der Waals surface area contributed by atoms with E-state index in [1.165, 1.54) is 5.01 Å². The van der Waals surface area contributed by atoms with Crippen LogP contribution in [0.5, 0.6) is 0 Å². The van der Waals surface area contributed by atoms with Gasteiger partial charge in [-0.3, -0.25) is 14.4 Å². The molecule has 0 spiro atoms. The monoisotopic (exact) mass is 591 g/mol. The Bertz CT molecular complexity index is 1620. The van der Waals surface area contributed by atoms with Gasteiger partial charge in [0, 0.05) is 45.2 Å². The van der Waals surface area contributed by atoms with Crippen molar-refractivity contribution in [3.05, 3.63) is 104 Å². The number of aromatic nitrogens is 1. The molecule has 9 heteroatoms. The molecule has 0 aliphatic carbocycles. The number of pyridine rings is 1. The molecule has 0 radical (unpaired) electrons. The smallest absolute Gasteiger partial charge is 0.303 e. The number of fused-ring (bicyclic) bond motifs is 1. The first-order chi connectivity index (χ1) is 18.3. The molecule has 2 heterocycles. The summed E-state index contributed by atoms with van der Waals surface area (Å²) in [4.78, 5) is 40.8. The van der Waals surface area contributed by atoms with Crippen LogP contribution in [0.4, 0.5) is 0 Å². The predicted molar refractivity (Wildman–Crippen MR) is 151 cm³/mol. The van der Waals surface area contributed by atoms with E-state index in [0.29, 0.717) is 33.8 Å². The fourth-order valence-electron chi connectivity index (χ4n) is 4.79. The zero-order valence-electron chi connectivity index (χ0n) is 20.2.